The molecule has 2 aromatic rings. The summed E-state index contributed by atoms with van der Waals surface area (Å²) in [7, 11) is 3.28. The number of carbonyl (C=O) groups is 1. The number of nitrogens with two attached hydrogens (primary N) is 1. The van der Waals surface area contributed by atoms with Gasteiger partial charge in [0, 0.05) is 19.3 Å². The largest absolute Gasteiger partial charge is 0.497 e. The number of halogens is 1. The SMILES string of the molecule is COc1ccc(CN(C)C(=O)c2ccc(F)cc2N)cc1. The number of rotatable bonds is 4. The van der Waals surface area contributed by atoms with E-state index in [1.165, 1.54) is 17.0 Å². The minimum Gasteiger partial charge on any atom is -0.497 e. The Morgan fingerprint density at radius 1 is 1.24 bits per heavy atom. The van der Waals surface area contributed by atoms with Gasteiger partial charge in [-0.25, -0.2) is 4.39 Å². The van der Waals surface area contributed by atoms with Gasteiger partial charge in [-0.05, 0) is 35.9 Å². The zero-order valence-corrected chi connectivity index (χ0v) is 12.0. The number of anilines is 1. The molecule has 110 valence electrons. The molecule has 2 rings (SSSR count). The van der Waals surface area contributed by atoms with E-state index in [0.29, 0.717) is 12.1 Å². The highest BCUT2D eigenvalue weighted by Gasteiger charge is 2.15. The van der Waals surface area contributed by atoms with Crippen molar-refractivity contribution in [2.24, 2.45) is 0 Å². The second-order valence-corrected chi connectivity index (χ2v) is 4.74. The minimum absolute atomic E-state index is 0.140. The Hall–Kier alpha value is -2.56. The van der Waals surface area contributed by atoms with Gasteiger partial charge in [-0.1, -0.05) is 12.1 Å². The number of nitrogen functional groups attached to an aromatic ring is 1. The highest BCUT2D eigenvalue weighted by molar-refractivity contribution is 5.98. The van der Waals surface area contributed by atoms with E-state index in [9.17, 15) is 9.18 Å². The van der Waals surface area contributed by atoms with Crippen molar-refractivity contribution in [3.05, 3.63) is 59.4 Å². The predicted octanol–water partition coefficient (Wildman–Crippen LogP) is 2.69. The zero-order valence-electron chi connectivity index (χ0n) is 12.0. The summed E-state index contributed by atoms with van der Waals surface area (Å²) in [6.45, 7) is 0.430. The lowest BCUT2D eigenvalue weighted by molar-refractivity contribution is 0.0786. The van der Waals surface area contributed by atoms with E-state index in [4.69, 9.17) is 10.5 Å². The first kappa shape index (κ1) is 14.8. The van der Waals surface area contributed by atoms with E-state index < -0.39 is 5.82 Å². The molecule has 2 N–H and O–H groups in total. The number of methoxy groups -OCH3 is 1. The van der Waals surface area contributed by atoms with Crippen LogP contribution in [0.5, 0.6) is 5.75 Å². The van der Waals surface area contributed by atoms with Crippen LogP contribution in [0.3, 0.4) is 0 Å². The Morgan fingerprint density at radius 3 is 2.48 bits per heavy atom. The van der Waals surface area contributed by atoms with E-state index >= 15 is 0 Å². The van der Waals surface area contributed by atoms with Crippen LogP contribution in [0.15, 0.2) is 42.5 Å². The van der Waals surface area contributed by atoms with E-state index in [0.717, 1.165) is 17.4 Å². The number of nitrogens with zero attached hydrogens (tertiary/aromatic N) is 1. The van der Waals surface area contributed by atoms with Gasteiger partial charge in [-0.3, -0.25) is 4.79 Å². The van der Waals surface area contributed by atoms with Crippen LogP contribution in [0.25, 0.3) is 0 Å². The minimum atomic E-state index is -0.457. The van der Waals surface area contributed by atoms with Crippen LogP contribution in [0.4, 0.5) is 10.1 Å². The van der Waals surface area contributed by atoms with Gasteiger partial charge in [0.1, 0.15) is 11.6 Å². The molecule has 0 unspecified atom stereocenters. The molecule has 0 aromatic heterocycles. The number of hydrogen-bond acceptors (Lipinski definition) is 3. The number of ether oxygens (including phenoxy) is 1. The summed E-state index contributed by atoms with van der Waals surface area (Å²) in [4.78, 5) is 13.8. The van der Waals surface area contributed by atoms with Gasteiger partial charge in [0.2, 0.25) is 0 Å². The molecule has 0 heterocycles. The Morgan fingerprint density at radius 2 is 1.90 bits per heavy atom. The normalized spacial score (nSPS) is 10.2. The molecule has 2 aromatic carbocycles. The molecule has 21 heavy (non-hydrogen) atoms. The van der Waals surface area contributed by atoms with Crippen molar-refractivity contribution in [2.45, 2.75) is 6.54 Å². The molecular weight excluding hydrogens is 271 g/mol. The maximum Gasteiger partial charge on any atom is 0.255 e. The number of benzene rings is 2. The highest BCUT2D eigenvalue weighted by Crippen LogP contribution is 2.17. The summed E-state index contributed by atoms with van der Waals surface area (Å²) >= 11 is 0. The van der Waals surface area contributed by atoms with Crippen molar-refractivity contribution in [1.29, 1.82) is 0 Å². The molecule has 0 radical (unpaired) electrons. The van der Waals surface area contributed by atoms with Crippen LogP contribution in [0, 0.1) is 5.82 Å². The predicted molar refractivity (Wildman–Crippen MR) is 79.6 cm³/mol. The van der Waals surface area contributed by atoms with E-state index in [1.807, 2.05) is 24.3 Å². The lowest BCUT2D eigenvalue weighted by Crippen LogP contribution is -2.27. The average molecular weight is 288 g/mol. The second-order valence-electron chi connectivity index (χ2n) is 4.74. The molecule has 0 aliphatic carbocycles. The van der Waals surface area contributed by atoms with Gasteiger partial charge in [0.15, 0.2) is 0 Å². The molecule has 0 fully saturated rings. The van der Waals surface area contributed by atoms with Gasteiger partial charge >= 0.3 is 0 Å². The first-order valence-corrected chi connectivity index (χ1v) is 6.44. The Bertz CT molecular complexity index is 641. The van der Waals surface area contributed by atoms with Crippen molar-refractivity contribution < 1.29 is 13.9 Å². The van der Waals surface area contributed by atoms with Gasteiger partial charge < -0.3 is 15.4 Å². The van der Waals surface area contributed by atoms with E-state index in [2.05, 4.69) is 0 Å². The topological polar surface area (TPSA) is 55.6 Å². The summed E-state index contributed by atoms with van der Waals surface area (Å²) in [5, 5.41) is 0. The fourth-order valence-corrected chi connectivity index (χ4v) is 2.01. The molecule has 0 saturated heterocycles. The van der Waals surface area contributed by atoms with Crippen LogP contribution >= 0.6 is 0 Å². The first-order valence-electron chi connectivity index (χ1n) is 6.44. The molecular formula is C16H17FN2O2. The van der Waals surface area contributed by atoms with Crippen molar-refractivity contribution in [3.63, 3.8) is 0 Å². The average Bonchev–Trinajstić information content (AvgIpc) is 2.47. The van der Waals surface area contributed by atoms with Crippen LogP contribution in [0.1, 0.15) is 15.9 Å². The molecule has 1 amide bonds. The zero-order chi connectivity index (χ0) is 15.4. The molecule has 0 atom stereocenters. The second kappa shape index (κ2) is 6.26. The van der Waals surface area contributed by atoms with Crippen molar-refractivity contribution >= 4 is 11.6 Å². The number of amides is 1. The fourth-order valence-electron chi connectivity index (χ4n) is 2.01. The highest BCUT2D eigenvalue weighted by atomic mass is 19.1. The fraction of sp³-hybridized carbons (Fsp3) is 0.188. The van der Waals surface area contributed by atoms with E-state index in [1.54, 1.807) is 14.2 Å². The third kappa shape index (κ3) is 3.51. The van der Waals surface area contributed by atoms with Crippen LogP contribution in [-0.4, -0.2) is 25.0 Å². The molecule has 0 saturated carbocycles. The van der Waals surface area contributed by atoms with Gasteiger partial charge in [0.25, 0.3) is 5.91 Å². The van der Waals surface area contributed by atoms with Crippen molar-refractivity contribution in [2.75, 3.05) is 19.9 Å². The summed E-state index contributed by atoms with van der Waals surface area (Å²) < 4.78 is 18.1. The Kier molecular flexibility index (Phi) is 4.42. The molecule has 0 aliphatic rings. The van der Waals surface area contributed by atoms with E-state index in [-0.39, 0.29) is 11.6 Å². The standard InChI is InChI=1S/C16H17FN2O2/c1-19(10-11-3-6-13(21-2)7-4-11)16(20)14-8-5-12(17)9-15(14)18/h3-9H,10,18H2,1-2H3. The first-order chi connectivity index (χ1) is 10.0. The van der Waals surface area contributed by atoms with Crippen LogP contribution in [-0.2, 0) is 6.54 Å². The smallest absolute Gasteiger partial charge is 0.255 e. The summed E-state index contributed by atoms with van der Waals surface area (Å²) in [5.74, 6) is 0.0562. The lowest BCUT2D eigenvalue weighted by Gasteiger charge is -2.18. The molecule has 5 heteroatoms. The van der Waals surface area contributed by atoms with Gasteiger partial charge in [-0.15, -0.1) is 0 Å². The molecule has 0 spiro atoms. The third-order valence-electron chi connectivity index (χ3n) is 3.17. The maximum absolute atomic E-state index is 13.0. The Balaban J connectivity index is 2.11. The maximum atomic E-state index is 13.0. The Labute approximate surface area is 122 Å². The number of hydrogen-bond donors (Lipinski definition) is 1. The summed E-state index contributed by atoms with van der Waals surface area (Å²) in [6, 6.07) is 11.2. The molecule has 0 bridgehead atoms. The summed E-state index contributed by atoms with van der Waals surface area (Å²) in [5.41, 5.74) is 7.09. The van der Waals surface area contributed by atoms with Crippen molar-refractivity contribution in [1.82, 2.24) is 4.90 Å². The lowest BCUT2D eigenvalue weighted by atomic mass is 10.1. The van der Waals surface area contributed by atoms with Crippen LogP contribution in [0.2, 0.25) is 0 Å². The molecule has 0 aliphatic heterocycles. The van der Waals surface area contributed by atoms with Gasteiger partial charge in [0.05, 0.1) is 12.7 Å². The van der Waals surface area contributed by atoms with Gasteiger partial charge in [-0.2, -0.15) is 0 Å². The van der Waals surface area contributed by atoms with Crippen molar-refractivity contribution in [3.8, 4) is 5.75 Å². The quantitative estimate of drug-likeness (QED) is 0.880. The summed E-state index contributed by atoms with van der Waals surface area (Å²) in [6.07, 6.45) is 0. The number of carbonyl (C=O) groups excluding carboxylic acids is 1. The van der Waals surface area contributed by atoms with Crippen LogP contribution < -0.4 is 10.5 Å². The monoisotopic (exact) mass is 288 g/mol. The molecule has 4 nitrogen and oxygen atoms in total. The third-order valence-corrected chi connectivity index (χ3v) is 3.17.